The molecule has 0 aliphatic heterocycles. The summed E-state index contributed by atoms with van der Waals surface area (Å²) in [6, 6.07) is 4.20. The lowest BCUT2D eigenvalue weighted by molar-refractivity contribution is -0.122. The first-order chi connectivity index (χ1) is 9.93. The van der Waals surface area contributed by atoms with E-state index in [1.165, 1.54) is 6.92 Å². The number of amides is 3. The SMILES string of the molecule is Cc1ccc(Cl)cc1CNC(=O)N[C@H](C)C(=O)NCCF. The molecule has 3 N–H and O–H groups in total. The van der Waals surface area contributed by atoms with Crippen molar-refractivity contribution in [3.8, 4) is 0 Å². The van der Waals surface area contributed by atoms with E-state index in [0.29, 0.717) is 11.6 Å². The molecular weight excluding hydrogens is 297 g/mol. The Balaban J connectivity index is 2.43. The summed E-state index contributed by atoms with van der Waals surface area (Å²) in [5, 5.41) is 8.07. The molecule has 1 aromatic rings. The van der Waals surface area contributed by atoms with Crippen molar-refractivity contribution in [2.75, 3.05) is 13.2 Å². The van der Waals surface area contributed by atoms with E-state index in [1.54, 1.807) is 12.1 Å². The average Bonchev–Trinajstić information content (AvgIpc) is 2.45. The molecule has 0 aliphatic carbocycles. The zero-order valence-corrected chi connectivity index (χ0v) is 12.8. The number of carbonyl (C=O) groups is 2. The number of nitrogens with one attached hydrogen (secondary N) is 3. The Morgan fingerprint density at radius 3 is 2.71 bits per heavy atom. The van der Waals surface area contributed by atoms with Crippen LogP contribution in [0.25, 0.3) is 0 Å². The van der Waals surface area contributed by atoms with Crippen molar-refractivity contribution in [2.45, 2.75) is 26.4 Å². The van der Waals surface area contributed by atoms with Gasteiger partial charge in [0.1, 0.15) is 12.7 Å². The summed E-state index contributed by atoms with van der Waals surface area (Å²) in [4.78, 5) is 23.2. The second kappa shape index (κ2) is 8.46. The molecule has 1 rings (SSSR count). The molecular formula is C14H19ClFN3O2. The highest BCUT2D eigenvalue weighted by Crippen LogP contribution is 2.14. The third-order valence-electron chi connectivity index (χ3n) is 2.89. The summed E-state index contributed by atoms with van der Waals surface area (Å²) in [7, 11) is 0. The first-order valence-corrected chi connectivity index (χ1v) is 6.95. The molecule has 5 nitrogen and oxygen atoms in total. The summed E-state index contributed by atoms with van der Waals surface area (Å²) in [6.45, 7) is 3.04. The molecule has 1 aromatic carbocycles. The van der Waals surface area contributed by atoms with Crippen LogP contribution in [0.4, 0.5) is 9.18 Å². The van der Waals surface area contributed by atoms with Crippen molar-refractivity contribution < 1.29 is 14.0 Å². The molecule has 116 valence electrons. The minimum absolute atomic E-state index is 0.0613. The molecule has 0 fully saturated rings. The zero-order valence-electron chi connectivity index (χ0n) is 12.0. The van der Waals surface area contributed by atoms with Crippen LogP contribution >= 0.6 is 11.6 Å². The van der Waals surface area contributed by atoms with Crippen LogP contribution in [-0.4, -0.2) is 31.2 Å². The van der Waals surface area contributed by atoms with Gasteiger partial charge in [-0.15, -0.1) is 0 Å². The monoisotopic (exact) mass is 315 g/mol. The molecule has 3 amide bonds. The summed E-state index contributed by atoms with van der Waals surface area (Å²) in [5.41, 5.74) is 1.90. The van der Waals surface area contributed by atoms with Gasteiger partial charge in [-0.2, -0.15) is 0 Å². The van der Waals surface area contributed by atoms with Crippen LogP contribution in [0, 0.1) is 6.92 Å². The first-order valence-electron chi connectivity index (χ1n) is 6.57. The van der Waals surface area contributed by atoms with Gasteiger partial charge in [0.15, 0.2) is 0 Å². The Morgan fingerprint density at radius 2 is 2.05 bits per heavy atom. The van der Waals surface area contributed by atoms with E-state index >= 15 is 0 Å². The van der Waals surface area contributed by atoms with Crippen LogP contribution < -0.4 is 16.0 Å². The molecule has 0 spiro atoms. The third kappa shape index (κ3) is 5.99. The van der Waals surface area contributed by atoms with E-state index in [0.717, 1.165) is 11.1 Å². The highest BCUT2D eigenvalue weighted by molar-refractivity contribution is 6.30. The second-order valence-electron chi connectivity index (χ2n) is 4.60. The molecule has 1 atom stereocenters. The Kier molecular flexibility index (Phi) is 6.94. The average molecular weight is 316 g/mol. The van der Waals surface area contributed by atoms with Crippen LogP contribution in [0.2, 0.25) is 5.02 Å². The number of halogens is 2. The second-order valence-corrected chi connectivity index (χ2v) is 5.04. The lowest BCUT2D eigenvalue weighted by atomic mass is 10.1. The first kappa shape index (κ1) is 17.2. The van der Waals surface area contributed by atoms with Gasteiger partial charge in [0.2, 0.25) is 5.91 Å². The summed E-state index contributed by atoms with van der Waals surface area (Å²) in [6.07, 6.45) is 0. The Hall–Kier alpha value is -1.82. The lowest BCUT2D eigenvalue weighted by Gasteiger charge is -2.15. The van der Waals surface area contributed by atoms with Gasteiger partial charge in [0.25, 0.3) is 0 Å². The van der Waals surface area contributed by atoms with Crippen molar-refractivity contribution in [3.63, 3.8) is 0 Å². The van der Waals surface area contributed by atoms with Gasteiger partial charge >= 0.3 is 6.03 Å². The van der Waals surface area contributed by atoms with Gasteiger partial charge < -0.3 is 16.0 Å². The molecule has 0 heterocycles. The molecule has 0 saturated heterocycles. The number of alkyl halides is 1. The largest absolute Gasteiger partial charge is 0.352 e. The minimum Gasteiger partial charge on any atom is -0.352 e. The van der Waals surface area contributed by atoms with Crippen molar-refractivity contribution >= 4 is 23.5 Å². The number of rotatable bonds is 6. The van der Waals surface area contributed by atoms with Crippen LogP contribution in [0.5, 0.6) is 0 Å². The maximum atomic E-state index is 11.9. The van der Waals surface area contributed by atoms with E-state index in [4.69, 9.17) is 11.6 Å². The van der Waals surface area contributed by atoms with Crippen LogP contribution in [0.3, 0.4) is 0 Å². The number of hydrogen-bond acceptors (Lipinski definition) is 2. The quantitative estimate of drug-likeness (QED) is 0.750. The fourth-order valence-corrected chi connectivity index (χ4v) is 1.84. The predicted molar refractivity (Wildman–Crippen MR) is 80.0 cm³/mol. The van der Waals surface area contributed by atoms with Gasteiger partial charge in [-0.05, 0) is 37.1 Å². The van der Waals surface area contributed by atoms with E-state index in [9.17, 15) is 14.0 Å². The van der Waals surface area contributed by atoms with E-state index < -0.39 is 24.7 Å². The highest BCUT2D eigenvalue weighted by Gasteiger charge is 2.14. The number of benzene rings is 1. The Morgan fingerprint density at radius 1 is 1.33 bits per heavy atom. The van der Waals surface area contributed by atoms with Gasteiger partial charge in [-0.1, -0.05) is 17.7 Å². The van der Waals surface area contributed by atoms with Gasteiger partial charge in [-0.3, -0.25) is 4.79 Å². The molecule has 21 heavy (non-hydrogen) atoms. The van der Waals surface area contributed by atoms with E-state index in [2.05, 4.69) is 16.0 Å². The Bertz CT molecular complexity index is 511. The van der Waals surface area contributed by atoms with Crippen molar-refractivity contribution in [3.05, 3.63) is 34.3 Å². The molecule has 0 bridgehead atoms. The molecule has 0 radical (unpaired) electrons. The summed E-state index contributed by atoms with van der Waals surface area (Å²) in [5.74, 6) is -0.429. The predicted octanol–water partition coefficient (Wildman–Crippen LogP) is 1.92. The van der Waals surface area contributed by atoms with Gasteiger partial charge in [0, 0.05) is 18.1 Å². The maximum Gasteiger partial charge on any atom is 0.315 e. The van der Waals surface area contributed by atoms with Crippen molar-refractivity contribution in [1.82, 2.24) is 16.0 Å². The van der Waals surface area contributed by atoms with E-state index in [-0.39, 0.29) is 6.54 Å². The van der Waals surface area contributed by atoms with E-state index in [1.807, 2.05) is 13.0 Å². The number of hydrogen-bond donors (Lipinski definition) is 3. The minimum atomic E-state index is -0.739. The molecule has 0 unspecified atom stereocenters. The Labute approximate surface area is 128 Å². The molecule has 0 saturated carbocycles. The van der Waals surface area contributed by atoms with Crippen molar-refractivity contribution in [1.29, 1.82) is 0 Å². The molecule has 0 aliphatic rings. The molecule has 0 aromatic heterocycles. The normalized spacial score (nSPS) is 11.6. The van der Waals surface area contributed by atoms with Crippen molar-refractivity contribution in [2.24, 2.45) is 0 Å². The maximum absolute atomic E-state index is 11.9. The standard InChI is InChI=1S/C14H19ClFN3O2/c1-9-3-4-12(15)7-11(9)8-18-14(21)19-10(2)13(20)17-6-5-16/h3-4,7,10H,5-6,8H2,1-2H3,(H,17,20)(H2,18,19,21)/t10-/m1/s1. The summed E-state index contributed by atoms with van der Waals surface area (Å²) >= 11 is 5.89. The highest BCUT2D eigenvalue weighted by atomic mass is 35.5. The van der Waals surface area contributed by atoms with Crippen LogP contribution in [-0.2, 0) is 11.3 Å². The van der Waals surface area contributed by atoms with Gasteiger partial charge in [-0.25, -0.2) is 9.18 Å². The van der Waals surface area contributed by atoms with Crippen LogP contribution in [0.15, 0.2) is 18.2 Å². The van der Waals surface area contributed by atoms with Crippen LogP contribution in [0.1, 0.15) is 18.1 Å². The summed E-state index contributed by atoms with van der Waals surface area (Å²) < 4.78 is 11.9. The fourth-order valence-electron chi connectivity index (χ4n) is 1.64. The fraction of sp³-hybridized carbons (Fsp3) is 0.429. The number of carbonyl (C=O) groups excluding carboxylic acids is 2. The molecule has 7 heteroatoms. The number of urea groups is 1. The van der Waals surface area contributed by atoms with Gasteiger partial charge in [0.05, 0.1) is 0 Å². The smallest absolute Gasteiger partial charge is 0.315 e. The lowest BCUT2D eigenvalue weighted by Crippen LogP contribution is -2.48. The topological polar surface area (TPSA) is 70.2 Å². The number of aryl methyl sites for hydroxylation is 1. The zero-order chi connectivity index (χ0) is 15.8. The third-order valence-corrected chi connectivity index (χ3v) is 3.12.